The second kappa shape index (κ2) is 7.46. The van der Waals surface area contributed by atoms with Gasteiger partial charge in [0, 0.05) is 24.2 Å². The van der Waals surface area contributed by atoms with Gasteiger partial charge >= 0.3 is 0 Å². The van der Waals surface area contributed by atoms with Crippen molar-refractivity contribution >= 4 is 11.8 Å². The number of nitrogens with zero attached hydrogens (tertiary/aromatic N) is 1. The number of benzene rings is 1. The SMILES string of the molecule is NCC#Cc1cccc(C(=O)NCC(=O)N2CCCC2)c1. The molecule has 0 aromatic heterocycles. The molecule has 1 saturated heterocycles. The summed E-state index contributed by atoms with van der Waals surface area (Å²) >= 11 is 0. The standard InChI is InChI=1S/C16H19N3O2/c17-8-4-6-13-5-3-7-14(11-13)16(21)18-12-15(20)19-9-1-2-10-19/h3,5,7,11H,1-2,8-10,12,17H2,(H,18,21). The molecule has 0 bridgehead atoms. The summed E-state index contributed by atoms with van der Waals surface area (Å²) in [7, 11) is 0. The molecule has 2 amide bonds. The molecule has 1 aromatic carbocycles. The number of nitrogens with one attached hydrogen (secondary N) is 1. The smallest absolute Gasteiger partial charge is 0.251 e. The molecule has 5 heteroatoms. The van der Waals surface area contributed by atoms with E-state index in [0.29, 0.717) is 5.56 Å². The first kappa shape index (κ1) is 15.1. The first-order valence-corrected chi connectivity index (χ1v) is 7.05. The second-order valence-corrected chi connectivity index (χ2v) is 4.86. The summed E-state index contributed by atoms with van der Waals surface area (Å²) < 4.78 is 0. The molecule has 21 heavy (non-hydrogen) atoms. The van der Waals surface area contributed by atoms with Gasteiger partial charge in [0.1, 0.15) is 0 Å². The van der Waals surface area contributed by atoms with E-state index in [1.54, 1.807) is 23.1 Å². The summed E-state index contributed by atoms with van der Waals surface area (Å²) in [4.78, 5) is 25.7. The van der Waals surface area contributed by atoms with Crippen molar-refractivity contribution in [1.82, 2.24) is 10.2 Å². The number of hydrogen-bond donors (Lipinski definition) is 2. The molecule has 0 radical (unpaired) electrons. The first-order valence-electron chi connectivity index (χ1n) is 7.05. The van der Waals surface area contributed by atoms with Crippen molar-refractivity contribution in [1.29, 1.82) is 0 Å². The molecule has 5 nitrogen and oxygen atoms in total. The molecule has 3 N–H and O–H groups in total. The molecule has 1 aromatic rings. The molecule has 1 aliphatic rings. The van der Waals surface area contributed by atoms with Crippen LogP contribution >= 0.6 is 0 Å². The van der Waals surface area contributed by atoms with Crippen molar-refractivity contribution < 1.29 is 9.59 Å². The fraction of sp³-hybridized carbons (Fsp3) is 0.375. The normalized spacial score (nSPS) is 13.5. The minimum Gasteiger partial charge on any atom is -0.343 e. The van der Waals surface area contributed by atoms with Crippen LogP contribution in [0.5, 0.6) is 0 Å². The summed E-state index contributed by atoms with van der Waals surface area (Å²) in [6.07, 6.45) is 2.09. The lowest BCUT2D eigenvalue weighted by Crippen LogP contribution is -2.38. The van der Waals surface area contributed by atoms with E-state index < -0.39 is 0 Å². The maximum Gasteiger partial charge on any atom is 0.251 e. The van der Waals surface area contributed by atoms with Gasteiger partial charge in [-0.1, -0.05) is 17.9 Å². The predicted octanol–water partition coefficient (Wildman–Crippen LogP) is 0.349. The zero-order valence-corrected chi connectivity index (χ0v) is 11.9. The van der Waals surface area contributed by atoms with Crippen LogP contribution in [0.25, 0.3) is 0 Å². The van der Waals surface area contributed by atoms with Crippen LogP contribution in [-0.2, 0) is 4.79 Å². The molecular weight excluding hydrogens is 266 g/mol. The van der Waals surface area contributed by atoms with Crippen LogP contribution in [0.15, 0.2) is 24.3 Å². The zero-order valence-electron chi connectivity index (χ0n) is 11.9. The second-order valence-electron chi connectivity index (χ2n) is 4.86. The van der Waals surface area contributed by atoms with Gasteiger partial charge in [-0.05, 0) is 31.0 Å². The molecule has 0 atom stereocenters. The van der Waals surface area contributed by atoms with Gasteiger partial charge in [0.05, 0.1) is 13.1 Å². The molecule has 1 aliphatic heterocycles. The number of rotatable bonds is 3. The zero-order chi connectivity index (χ0) is 15.1. The van der Waals surface area contributed by atoms with Crippen LogP contribution in [0.1, 0.15) is 28.8 Å². The molecule has 0 spiro atoms. The lowest BCUT2D eigenvalue weighted by atomic mass is 10.1. The maximum atomic E-state index is 12.0. The van der Waals surface area contributed by atoms with E-state index in [4.69, 9.17) is 5.73 Å². The molecular formula is C16H19N3O2. The van der Waals surface area contributed by atoms with Gasteiger partial charge in [-0.3, -0.25) is 9.59 Å². The van der Waals surface area contributed by atoms with E-state index in [0.717, 1.165) is 31.5 Å². The van der Waals surface area contributed by atoms with Crippen LogP contribution in [0, 0.1) is 11.8 Å². The quantitative estimate of drug-likeness (QED) is 0.787. The van der Waals surface area contributed by atoms with Crippen molar-refractivity contribution in [3.8, 4) is 11.8 Å². The van der Waals surface area contributed by atoms with Gasteiger partial charge in [-0.15, -0.1) is 0 Å². The lowest BCUT2D eigenvalue weighted by molar-refractivity contribution is -0.129. The Morgan fingerprint density at radius 1 is 1.29 bits per heavy atom. The van der Waals surface area contributed by atoms with Crippen LogP contribution in [0.3, 0.4) is 0 Å². The topological polar surface area (TPSA) is 75.4 Å². The Morgan fingerprint density at radius 3 is 2.76 bits per heavy atom. The van der Waals surface area contributed by atoms with Crippen molar-refractivity contribution in [3.63, 3.8) is 0 Å². The molecule has 0 saturated carbocycles. The molecule has 0 unspecified atom stereocenters. The third-order valence-corrected chi connectivity index (χ3v) is 3.32. The van der Waals surface area contributed by atoms with E-state index in [2.05, 4.69) is 17.2 Å². The third-order valence-electron chi connectivity index (χ3n) is 3.32. The van der Waals surface area contributed by atoms with Crippen molar-refractivity contribution in [3.05, 3.63) is 35.4 Å². The molecule has 110 valence electrons. The number of carbonyl (C=O) groups is 2. The molecule has 2 rings (SSSR count). The van der Waals surface area contributed by atoms with Gasteiger partial charge in [-0.2, -0.15) is 0 Å². The summed E-state index contributed by atoms with van der Waals surface area (Å²) in [6, 6.07) is 6.97. The van der Waals surface area contributed by atoms with Crippen molar-refractivity contribution in [2.75, 3.05) is 26.2 Å². The van der Waals surface area contributed by atoms with E-state index in [1.165, 1.54) is 0 Å². The van der Waals surface area contributed by atoms with Crippen LogP contribution < -0.4 is 11.1 Å². The van der Waals surface area contributed by atoms with Gasteiger partial charge in [-0.25, -0.2) is 0 Å². The monoisotopic (exact) mass is 285 g/mol. The van der Waals surface area contributed by atoms with Crippen LogP contribution in [0.4, 0.5) is 0 Å². The van der Waals surface area contributed by atoms with Gasteiger partial charge in [0.25, 0.3) is 5.91 Å². The fourth-order valence-corrected chi connectivity index (χ4v) is 2.23. The predicted molar refractivity (Wildman–Crippen MR) is 80.5 cm³/mol. The van der Waals surface area contributed by atoms with Gasteiger partial charge in [0.15, 0.2) is 0 Å². The Hall–Kier alpha value is -2.32. The van der Waals surface area contributed by atoms with Crippen molar-refractivity contribution in [2.24, 2.45) is 5.73 Å². The highest BCUT2D eigenvalue weighted by Crippen LogP contribution is 2.07. The van der Waals surface area contributed by atoms with Crippen LogP contribution in [0.2, 0.25) is 0 Å². The van der Waals surface area contributed by atoms with Crippen molar-refractivity contribution in [2.45, 2.75) is 12.8 Å². The Morgan fingerprint density at radius 2 is 2.05 bits per heavy atom. The largest absolute Gasteiger partial charge is 0.343 e. The number of carbonyl (C=O) groups excluding carboxylic acids is 2. The highest BCUT2D eigenvalue weighted by atomic mass is 16.2. The summed E-state index contributed by atoms with van der Waals surface area (Å²) in [5.74, 6) is 5.33. The van der Waals surface area contributed by atoms with E-state index in [1.807, 2.05) is 6.07 Å². The first-order chi connectivity index (χ1) is 10.2. The third kappa shape index (κ3) is 4.33. The Kier molecular flexibility index (Phi) is 5.35. The molecule has 0 aliphatic carbocycles. The van der Waals surface area contributed by atoms with Gasteiger partial charge in [0.2, 0.25) is 5.91 Å². The Balaban J connectivity index is 1.92. The Bertz CT molecular complexity index is 581. The number of likely N-dealkylation sites (tertiary alicyclic amines) is 1. The van der Waals surface area contributed by atoms with E-state index in [-0.39, 0.29) is 24.9 Å². The summed E-state index contributed by atoms with van der Waals surface area (Å²) in [5.41, 5.74) is 6.55. The number of nitrogens with two attached hydrogens (primary N) is 1. The van der Waals surface area contributed by atoms with Gasteiger partial charge < -0.3 is 16.0 Å². The highest BCUT2D eigenvalue weighted by molar-refractivity contribution is 5.96. The minimum absolute atomic E-state index is 0.0278. The average Bonchev–Trinajstić information content (AvgIpc) is 3.05. The van der Waals surface area contributed by atoms with E-state index in [9.17, 15) is 9.59 Å². The minimum atomic E-state index is -0.265. The van der Waals surface area contributed by atoms with Crippen LogP contribution in [-0.4, -0.2) is 42.9 Å². The maximum absolute atomic E-state index is 12.0. The average molecular weight is 285 g/mol. The number of amides is 2. The lowest BCUT2D eigenvalue weighted by Gasteiger charge is -2.15. The Labute approximate surface area is 124 Å². The highest BCUT2D eigenvalue weighted by Gasteiger charge is 2.18. The summed E-state index contributed by atoms with van der Waals surface area (Å²) in [6.45, 7) is 1.90. The summed E-state index contributed by atoms with van der Waals surface area (Å²) in [5, 5.41) is 2.66. The van der Waals surface area contributed by atoms with E-state index >= 15 is 0 Å². The molecule has 1 fully saturated rings. The molecule has 1 heterocycles. The number of hydrogen-bond acceptors (Lipinski definition) is 3. The fourth-order valence-electron chi connectivity index (χ4n) is 2.23.